The van der Waals surface area contributed by atoms with E-state index in [0.717, 1.165) is 31.7 Å². The summed E-state index contributed by atoms with van der Waals surface area (Å²) in [7, 11) is 2.00. The Balaban J connectivity index is 1.98. The molecule has 1 aliphatic heterocycles. The summed E-state index contributed by atoms with van der Waals surface area (Å²) in [5.74, 6) is 1.09. The Hall–Kier alpha value is -1.02. The van der Waals surface area contributed by atoms with Gasteiger partial charge in [0.1, 0.15) is 5.75 Å². The second kappa shape index (κ2) is 4.47. The third-order valence-corrected chi connectivity index (χ3v) is 2.65. The topological polar surface area (TPSA) is 21.3 Å². The molecule has 2 rings (SSSR count). The van der Waals surface area contributed by atoms with Gasteiger partial charge < -0.3 is 10.1 Å². The first-order chi connectivity index (χ1) is 6.90. The summed E-state index contributed by atoms with van der Waals surface area (Å²) >= 11 is 0. The monoisotopic (exact) mass is 191 g/mol. The summed E-state index contributed by atoms with van der Waals surface area (Å²) < 4.78 is 5.47. The van der Waals surface area contributed by atoms with E-state index < -0.39 is 0 Å². The van der Waals surface area contributed by atoms with Crippen molar-refractivity contribution in [3.63, 3.8) is 0 Å². The maximum Gasteiger partial charge on any atom is 0.122 e. The van der Waals surface area contributed by atoms with E-state index in [2.05, 4.69) is 23.5 Å². The molecule has 1 aromatic carbocycles. The lowest BCUT2D eigenvalue weighted by atomic mass is 10.0. The van der Waals surface area contributed by atoms with Crippen LogP contribution in [-0.4, -0.2) is 20.2 Å². The molecule has 0 saturated carbocycles. The van der Waals surface area contributed by atoms with Crippen LogP contribution in [0.25, 0.3) is 0 Å². The number of nitrogens with one attached hydrogen (secondary N) is 1. The van der Waals surface area contributed by atoms with Crippen molar-refractivity contribution in [2.24, 2.45) is 0 Å². The number of hydrogen-bond donors (Lipinski definition) is 1. The second-order valence-corrected chi connectivity index (χ2v) is 3.75. The van der Waals surface area contributed by atoms with Gasteiger partial charge in [-0.2, -0.15) is 0 Å². The maximum atomic E-state index is 5.47. The zero-order chi connectivity index (χ0) is 9.80. The Labute approximate surface area is 85.3 Å². The molecule has 76 valence electrons. The van der Waals surface area contributed by atoms with Gasteiger partial charge in [0.25, 0.3) is 0 Å². The van der Waals surface area contributed by atoms with Crippen molar-refractivity contribution in [3.05, 3.63) is 29.3 Å². The highest BCUT2D eigenvalue weighted by Gasteiger charge is 2.11. The van der Waals surface area contributed by atoms with E-state index in [1.54, 1.807) is 0 Å². The normalized spacial score (nSPS) is 13.8. The largest absolute Gasteiger partial charge is 0.493 e. The molecule has 0 aromatic heterocycles. The van der Waals surface area contributed by atoms with Gasteiger partial charge in [-0.1, -0.05) is 12.1 Å². The van der Waals surface area contributed by atoms with Crippen molar-refractivity contribution in [2.75, 3.05) is 20.2 Å². The molecule has 2 nitrogen and oxygen atoms in total. The molecule has 14 heavy (non-hydrogen) atoms. The fourth-order valence-corrected chi connectivity index (χ4v) is 1.86. The predicted octanol–water partition coefficient (Wildman–Crippen LogP) is 1.77. The maximum absolute atomic E-state index is 5.47. The molecule has 0 spiro atoms. The average Bonchev–Trinajstić information content (AvgIpc) is 2.65. The highest BCUT2D eigenvalue weighted by molar-refractivity contribution is 5.39. The highest BCUT2D eigenvalue weighted by Crippen LogP contribution is 2.26. The Bertz CT molecular complexity index is 309. The van der Waals surface area contributed by atoms with Crippen molar-refractivity contribution < 1.29 is 4.74 Å². The molecule has 0 aliphatic carbocycles. The van der Waals surface area contributed by atoms with Crippen molar-refractivity contribution in [3.8, 4) is 5.75 Å². The van der Waals surface area contributed by atoms with Gasteiger partial charge in [-0.05, 0) is 43.6 Å². The molecule has 1 N–H and O–H groups in total. The molecule has 2 heteroatoms. The number of rotatable bonds is 4. The summed E-state index contributed by atoms with van der Waals surface area (Å²) in [4.78, 5) is 0. The third kappa shape index (κ3) is 2.07. The molecule has 0 unspecified atom stereocenters. The molecule has 0 bridgehead atoms. The van der Waals surface area contributed by atoms with Gasteiger partial charge in [-0.15, -0.1) is 0 Å². The van der Waals surface area contributed by atoms with Gasteiger partial charge in [-0.25, -0.2) is 0 Å². The molecule has 1 heterocycles. The standard InChI is InChI=1S/C12H17NO/c1-13-7-2-3-10-4-5-12-11(9-10)6-8-14-12/h4-5,9,13H,2-3,6-8H2,1H3. The summed E-state index contributed by atoms with van der Waals surface area (Å²) in [5, 5.41) is 3.17. The minimum Gasteiger partial charge on any atom is -0.493 e. The summed E-state index contributed by atoms with van der Waals surface area (Å²) in [6.45, 7) is 1.95. The lowest BCUT2D eigenvalue weighted by Crippen LogP contribution is -2.08. The molecule has 1 aromatic rings. The van der Waals surface area contributed by atoms with Gasteiger partial charge >= 0.3 is 0 Å². The first-order valence-corrected chi connectivity index (χ1v) is 5.29. The Morgan fingerprint density at radius 2 is 2.36 bits per heavy atom. The number of aryl methyl sites for hydroxylation is 1. The van der Waals surface area contributed by atoms with Crippen LogP contribution in [-0.2, 0) is 12.8 Å². The van der Waals surface area contributed by atoms with Crippen molar-refractivity contribution in [2.45, 2.75) is 19.3 Å². The summed E-state index contributed by atoms with van der Waals surface area (Å²) in [6, 6.07) is 6.58. The van der Waals surface area contributed by atoms with Gasteiger partial charge in [0.2, 0.25) is 0 Å². The zero-order valence-corrected chi connectivity index (χ0v) is 8.68. The smallest absolute Gasteiger partial charge is 0.122 e. The molecule has 0 radical (unpaired) electrons. The van der Waals surface area contributed by atoms with E-state index in [1.165, 1.54) is 17.5 Å². The Kier molecular flexibility index (Phi) is 3.04. The predicted molar refractivity (Wildman–Crippen MR) is 57.9 cm³/mol. The minimum absolute atomic E-state index is 0.856. The summed E-state index contributed by atoms with van der Waals surface area (Å²) in [6.07, 6.45) is 3.44. The van der Waals surface area contributed by atoms with Crippen molar-refractivity contribution in [1.82, 2.24) is 5.32 Å². The van der Waals surface area contributed by atoms with Gasteiger partial charge in [0.05, 0.1) is 6.61 Å². The van der Waals surface area contributed by atoms with Gasteiger partial charge in [0, 0.05) is 6.42 Å². The lowest BCUT2D eigenvalue weighted by Gasteiger charge is -2.03. The van der Waals surface area contributed by atoms with E-state index in [1.807, 2.05) is 7.05 Å². The van der Waals surface area contributed by atoms with Gasteiger partial charge in [-0.3, -0.25) is 0 Å². The van der Waals surface area contributed by atoms with E-state index in [-0.39, 0.29) is 0 Å². The molecule has 0 saturated heterocycles. The second-order valence-electron chi connectivity index (χ2n) is 3.75. The van der Waals surface area contributed by atoms with Crippen LogP contribution < -0.4 is 10.1 Å². The highest BCUT2D eigenvalue weighted by atomic mass is 16.5. The van der Waals surface area contributed by atoms with Crippen LogP contribution in [0.15, 0.2) is 18.2 Å². The van der Waals surface area contributed by atoms with Crippen LogP contribution in [0, 0.1) is 0 Å². The van der Waals surface area contributed by atoms with Crippen LogP contribution in [0.3, 0.4) is 0 Å². The first-order valence-electron chi connectivity index (χ1n) is 5.29. The molecule has 0 amide bonds. The third-order valence-electron chi connectivity index (χ3n) is 2.65. The molecular weight excluding hydrogens is 174 g/mol. The van der Waals surface area contributed by atoms with E-state index >= 15 is 0 Å². The van der Waals surface area contributed by atoms with Crippen LogP contribution in [0.4, 0.5) is 0 Å². The number of fused-ring (bicyclic) bond motifs is 1. The fraction of sp³-hybridized carbons (Fsp3) is 0.500. The van der Waals surface area contributed by atoms with Crippen LogP contribution >= 0.6 is 0 Å². The number of ether oxygens (including phenoxy) is 1. The van der Waals surface area contributed by atoms with Crippen LogP contribution in [0.2, 0.25) is 0 Å². The van der Waals surface area contributed by atoms with Crippen molar-refractivity contribution in [1.29, 1.82) is 0 Å². The van der Waals surface area contributed by atoms with Crippen LogP contribution in [0.1, 0.15) is 17.5 Å². The van der Waals surface area contributed by atoms with Gasteiger partial charge in [0.15, 0.2) is 0 Å². The number of hydrogen-bond acceptors (Lipinski definition) is 2. The van der Waals surface area contributed by atoms with E-state index in [9.17, 15) is 0 Å². The zero-order valence-electron chi connectivity index (χ0n) is 8.68. The van der Waals surface area contributed by atoms with Crippen LogP contribution in [0.5, 0.6) is 5.75 Å². The van der Waals surface area contributed by atoms with E-state index in [0.29, 0.717) is 0 Å². The Morgan fingerprint density at radius 1 is 1.43 bits per heavy atom. The molecule has 0 atom stereocenters. The van der Waals surface area contributed by atoms with E-state index in [4.69, 9.17) is 4.74 Å². The summed E-state index contributed by atoms with van der Waals surface area (Å²) in [5.41, 5.74) is 2.82. The molecule has 0 fully saturated rings. The van der Waals surface area contributed by atoms with Crippen molar-refractivity contribution >= 4 is 0 Å². The lowest BCUT2D eigenvalue weighted by molar-refractivity contribution is 0.357. The molecular formula is C12H17NO. The minimum atomic E-state index is 0.856. The molecule has 1 aliphatic rings. The average molecular weight is 191 g/mol. The quantitative estimate of drug-likeness (QED) is 0.732. The number of benzene rings is 1. The fourth-order valence-electron chi connectivity index (χ4n) is 1.86. The Morgan fingerprint density at radius 3 is 3.21 bits per heavy atom. The first kappa shape index (κ1) is 9.53. The SMILES string of the molecule is CNCCCc1ccc2c(c1)CCO2.